The van der Waals surface area contributed by atoms with Crippen LogP contribution in [0, 0.1) is 11.6 Å². The normalized spacial score (nSPS) is 11.0. The molecule has 0 unspecified atom stereocenters. The maximum absolute atomic E-state index is 13.6. The molecule has 3 aromatic rings. The van der Waals surface area contributed by atoms with Gasteiger partial charge in [0.25, 0.3) is 5.91 Å². The summed E-state index contributed by atoms with van der Waals surface area (Å²) in [5.74, 6) is -1.78. The van der Waals surface area contributed by atoms with Crippen LogP contribution in [0.1, 0.15) is 23.1 Å². The van der Waals surface area contributed by atoms with Crippen LogP contribution in [0.25, 0.3) is 10.9 Å². The molecule has 1 aromatic carbocycles. The SMILES string of the molecule is CCn1nccc1CNC(=O)c1cc2c(F)cc(F)cc2[nH]1. The molecule has 0 radical (unpaired) electrons. The number of benzene rings is 1. The van der Waals surface area contributed by atoms with Crippen LogP contribution in [-0.4, -0.2) is 20.7 Å². The maximum Gasteiger partial charge on any atom is 0.268 e. The number of halogens is 2. The summed E-state index contributed by atoms with van der Waals surface area (Å²) in [6, 6.07) is 5.12. The third-order valence-electron chi connectivity index (χ3n) is 3.43. The third-order valence-corrected chi connectivity index (χ3v) is 3.43. The Labute approximate surface area is 124 Å². The van der Waals surface area contributed by atoms with Crippen LogP contribution in [-0.2, 0) is 13.1 Å². The first-order valence-corrected chi connectivity index (χ1v) is 6.85. The van der Waals surface area contributed by atoms with Crippen molar-refractivity contribution in [2.24, 2.45) is 0 Å². The predicted molar refractivity (Wildman–Crippen MR) is 77.3 cm³/mol. The van der Waals surface area contributed by atoms with Gasteiger partial charge in [0, 0.05) is 24.2 Å². The number of carbonyl (C=O) groups is 1. The number of aryl methyl sites for hydroxylation is 1. The second kappa shape index (κ2) is 5.59. The fourth-order valence-electron chi connectivity index (χ4n) is 2.34. The Morgan fingerprint density at radius 2 is 2.18 bits per heavy atom. The Bertz CT molecular complexity index is 837. The lowest BCUT2D eigenvalue weighted by Gasteiger charge is -2.05. The molecule has 0 atom stereocenters. The first-order valence-electron chi connectivity index (χ1n) is 6.85. The smallest absolute Gasteiger partial charge is 0.268 e. The number of hydrogen-bond donors (Lipinski definition) is 2. The largest absolute Gasteiger partial charge is 0.350 e. The van der Waals surface area contributed by atoms with Gasteiger partial charge in [-0.15, -0.1) is 0 Å². The van der Waals surface area contributed by atoms with Crippen LogP contribution in [0.3, 0.4) is 0 Å². The molecule has 3 rings (SSSR count). The van der Waals surface area contributed by atoms with E-state index in [1.165, 1.54) is 6.07 Å². The highest BCUT2D eigenvalue weighted by molar-refractivity contribution is 5.98. The average molecular weight is 304 g/mol. The third kappa shape index (κ3) is 2.57. The fourth-order valence-corrected chi connectivity index (χ4v) is 2.34. The molecule has 7 heteroatoms. The number of hydrogen-bond acceptors (Lipinski definition) is 2. The predicted octanol–water partition coefficient (Wildman–Crippen LogP) is 2.59. The van der Waals surface area contributed by atoms with Crippen molar-refractivity contribution in [2.45, 2.75) is 20.0 Å². The van der Waals surface area contributed by atoms with Gasteiger partial charge in [0.05, 0.1) is 17.8 Å². The molecule has 1 amide bonds. The van der Waals surface area contributed by atoms with Crippen molar-refractivity contribution in [1.29, 1.82) is 0 Å². The van der Waals surface area contributed by atoms with Crippen LogP contribution < -0.4 is 5.32 Å². The van der Waals surface area contributed by atoms with Gasteiger partial charge in [-0.05, 0) is 25.1 Å². The molecule has 0 aliphatic rings. The standard InChI is InChI=1S/C15H14F2N4O/c1-2-21-10(3-4-19-21)8-18-15(22)14-7-11-12(17)5-9(16)6-13(11)20-14/h3-7,20H,2,8H2,1H3,(H,18,22). The molecule has 2 N–H and O–H groups in total. The van der Waals surface area contributed by atoms with E-state index in [9.17, 15) is 13.6 Å². The maximum atomic E-state index is 13.6. The minimum absolute atomic E-state index is 0.182. The highest BCUT2D eigenvalue weighted by Gasteiger charge is 2.13. The number of nitrogens with zero attached hydrogens (tertiary/aromatic N) is 2. The molecule has 0 aliphatic heterocycles. The van der Waals surface area contributed by atoms with Gasteiger partial charge < -0.3 is 10.3 Å². The van der Waals surface area contributed by atoms with E-state index < -0.39 is 11.6 Å². The van der Waals surface area contributed by atoms with Crippen LogP contribution in [0.5, 0.6) is 0 Å². The number of H-pyrrole nitrogens is 1. The van der Waals surface area contributed by atoms with Gasteiger partial charge in [-0.2, -0.15) is 5.10 Å². The zero-order valence-corrected chi connectivity index (χ0v) is 11.9. The van der Waals surface area contributed by atoms with Gasteiger partial charge in [0.2, 0.25) is 0 Å². The second-order valence-corrected chi connectivity index (χ2v) is 4.85. The van der Waals surface area contributed by atoms with Crippen molar-refractivity contribution in [3.63, 3.8) is 0 Å². The number of aromatic nitrogens is 3. The van der Waals surface area contributed by atoms with E-state index >= 15 is 0 Å². The molecule has 114 valence electrons. The van der Waals surface area contributed by atoms with Gasteiger partial charge in [0.1, 0.15) is 17.3 Å². The zero-order valence-electron chi connectivity index (χ0n) is 11.9. The molecule has 0 saturated carbocycles. The summed E-state index contributed by atoms with van der Waals surface area (Å²) >= 11 is 0. The topological polar surface area (TPSA) is 62.7 Å². The average Bonchev–Trinajstić information content (AvgIpc) is 3.10. The van der Waals surface area contributed by atoms with Crippen molar-refractivity contribution in [1.82, 2.24) is 20.1 Å². The van der Waals surface area contributed by atoms with Crippen LogP contribution in [0.2, 0.25) is 0 Å². The minimum Gasteiger partial charge on any atom is -0.350 e. The highest BCUT2D eigenvalue weighted by atomic mass is 19.1. The Kier molecular flexibility index (Phi) is 3.62. The highest BCUT2D eigenvalue weighted by Crippen LogP contribution is 2.20. The number of fused-ring (bicyclic) bond motifs is 1. The lowest BCUT2D eigenvalue weighted by molar-refractivity contribution is 0.0945. The second-order valence-electron chi connectivity index (χ2n) is 4.85. The first kappa shape index (κ1) is 14.2. The molecule has 0 saturated heterocycles. The van der Waals surface area contributed by atoms with E-state index in [0.717, 1.165) is 17.8 Å². The summed E-state index contributed by atoms with van der Waals surface area (Å²) in [5, 5.41) is 7.02. The molecule has 0 fully saturated rings. The van der Waals surface area contributed by atoms with Crippen molar-refractivity contribution in [3.8, 4) is 0 Å². The van der Waals surface area contributed by atoms with Gasteiger partial charge >= 0.3 is 0 Å². The van der Waals surface area contributed by atoms with Gasteiger partial charge in [0.15, 0.2) is 0 Å². The number of carbonyl (C=O) groups excluding carboxylic acids is 1. The van der Waals surface area contributed by atoms with E-state index in [4.69, 9.17) is 0 Å². The van der Waals surface area contributed by atoms with Gasteiger partial charge in [-0.3, -0.25) is 9.48 Å². The summed E-state index contributed by atoms with van der Waals surface area (Å²) in [6.45, 7) is 2.96. The monoisotopic (exact) mass is 304 g/mol. The Hall–Kier alpha value is -2.70. The summed E-state index contributed by atoms with van der Waals surface area (Å²) in [6.07, 6.45) is 1.66. The first-order chi connectivity index (χ1) is 10.6. The van der Waals surface area contributed by atoms with Crippen molar-refractivity contribution in [2.75, 3.05) is 0 Å². The summed E-state index contributed by atoms with van der Waals surface area (Å²) < 4.78 is 28.5. The quantitative estimate of drug-likeness (QED) is 0.778. The van der Waals surface area contributed by atoms with Gasteiger partial charge in [-0.1, -0.05) is 0 Å². The van der Waals surface area contributed by atoms with Crippen molar-refractivity contribution in [3.05, 3.63) is 53.5 Å². The summed E-state index contributed by atoms with van der Waals surface area (Å²) in [7, 11) is 0. The molecule has 22 heavy (non-hydrogen) atoms. The molecular weight excluding hydrogens is 290 g/mol. The lowest BCUT2D eigenvalue weighted by atomic mass is 10.2. The van der Waals surface area contributed by atoms with Crippen molar-refractivity contribution >= 4 is 16.8 Å². The van der Waals surface area contributed by atoms with E-state index in [1.54, 1.807) is 10.9 Å². The summed E-state index contributed by atoms with van der Waals surface area (Å²) in [4.78, 5) is 14.8. The molecular formula is C15H14F2N4O. The Morgan fingerprint density at radius 1 is 1.36 bits per heavy atom. The molecule has 0 bridgehead atoms. The zero-order chi connectivity index (χ0) is 15.7. The van der Waals surface area contributed by atoms with Crippen LogP contribution in [0.15, 0.2) is 30.5 Å². The van der Waals surface area contributed by atoms with Gasteiger partial charge in [-0.25, -0.2) is 8.78 Å². The lowest BCUT2D eigenvalue weighted by Crippen LogP contribution is -2.24. The van der Waals surface area contributed by atoms with E-state index in [2.05, 4.69) is 15.4 Å². The molecule has 2 heterocycles. The molecule has 0 aliphatic carbocycles. The molecule has 0 spiro atoms. The van der Waals surface area contributed by atoms with E-state index in [0.29, 0.717) is 13.1 Å². The van der Waals surface area contributed by atoms with E-state index in [1.807, 2.05) is 13.0 Å². The van der Waals surface area contributed by atoms with Crippen molar-refractivity contribution < 1.29 is 13.6 Å². The molecule has 2 aromatic heterocycles. The minimum atomic E-state index is -0.700. The Morgan fingerprint density at radius 3 is 2.95 bits per heavy atom. The van der Waals surface area contributed by atoms with Crippen LogP contribution >= 0.6 is 0 Å². The number of nitrogens with one attached hydrogen (secondary N) is 2. The fraction of sp³-hybridized carbons (Fsp3) is 0.200. The number of aromatic amines is 1. The Balaban J connectivity index is 1.79. The molecule has 5 nitrogen and oxygen atoms in total. The number of rotatable bonds is 4. The van der Waals surface area contributed by atoms with Crippen LogP contribution in [0.4, 0.5) is 8.78 Å². The summed E-state index contributed by atoms with van der Waals surface area (Å²) in [5.41, 5.74) is 1.30. The van der Waals surface area contributed by atoms with E-state index in [-0.39, 0.29) is 22.5 Å². The number of amides is 1.